The van der Waals surface area contributed by atoms with E-state index in [0.717, 1.165) is 0 Å². The van der Waals surface area contributed by atoms with Crippen molar-refractivity contribution in [3.05, 3.63) is 35.9 Å². The Morgan fingerprint density at radius 1 is 1.44 bits per heavy atom. The van der Waals surface area contributed by atoms with Crippen molar-refractivity contribution in [3.63, 3.8) is 0 Å². The molecule has 1 aliphatic rings. The van der Waals surface area contributed by atoms with E-state index in [1.54, 1.807) is 24.3 Å². The van der Waals surface area contributed by atoms with Gasteiger partial charge in [-0.1, -0.05) is 18.2 Å². The second-order valence-corrected chi connectivity index (χ2v) is 4.54. The summed E-state index contributed by atoms with van der Waals surface area (Å²) in [6.07, 6.45) is -0.478. The zero-order chi connectivity index (χ0) is 11.8. The Morgan fingerprint density at radius 3 is 2.56 bits per heavy atom. The number of aliphatic hydroxyl groups excluding tert-OH is 1. The van der Waals surface area contributed by atoms with E-state index in [1.807, 2.05) is 19.9 Å². The van der Waals surface area contributed by atoms with Crippen molar-refractivity contribution in [1.82, 2.24) is 5.06 Å². The molecule has 1 aromatic carbocycles. The molecule has 0 spiro atoms. The SMILES string of the molecule is CC1(C)CC(O)ON1C(=O)c1ccccc1. The predicted octanol–water partition coefficient (Wildman–Crippen LogP) is 1.56. The second kappa shape index (κ2) is 3.88. The van der Waals surface area contributed by atoms with Crippen molar-refractivity contribution in [2.45, 2.75) is 32.1 Å². The van der Waals surface area contributed by atoms with Crippen LogP contribution >= 0.6 is 0 Å². The van der Waals surface area contributed by atoms with Gasteiger partial charge in [-0.3, -0.25) is 4.79 Å². The minimum atomic E-state index is -0.900. The molecule has 1 aliphatic heterocycles. The van der Waals surface area contributed by atoms with Crippen LogP contribution in [0.3, 0.4) is 0 Å². The highest BCUT2D eigenvalue weighted by Gasteiger charge is 2.42. The van der Waals surface area contributed by atoms with E-state index in [9.17, 15) is 9.90 Å². The zero-order valence-electron chi connectivity index (χ0n) is 9.38. The Hall–Kier alpha value is -1.39. The number of hydrogen-bond donors (Lipinski definition) is 1. The molecule has 4 nitrogen and oxygen atoms in total. The van der Waals surface area contributed by atoms with E-state index in [4.69, 9.17) is 4.84 Å². The van der Waals surface area contributed by atoms with E-state index < -0.39 is 11.8 Å². The molecule has 0 radical (unpaired) electrons. The summed E-state index contributed by atoms with van der Waals surface area (Å²) in [5.74, 6) is -0.220. The van der Waals surface area contributed by atoms with Crippen LogP contribution in [0.1, 0.15) is 30.6 Å². The minimum absolute atomic E-state index is 0.220. The third kappa shape index (κ3) is 1.94. The normalized spacial score (nSPS) is 23.4. The van der Waals surface area contributed by atoms with Gasteiger partial charge in [-0.15, -0.1) is 0 Å². The molecule has 0 aliphatic carbocycles. The quantitative estimate of drug-likeness (QED) is 0.783. The molecule has 1 unspecified atom stereocenters. The van der Waals surface area contributed by atoms with Crippen molar-refractivity contribution in [2.75, 3.05) is 0 Å². The summed E-state index contributed by atoms with van der Waals surface area (Å²) >= 11 is 0. The summed E-state index contributed by atoms with van der Waals surface area (Å²) in [5, 5.41) is 10.7. The van der Waals surface area contributed by atoms with Crippen molar-refractivity contribution in [2.24, 2.45) is 0 Å². The van der Waals surface area contributed by atoms with Gasteiger partial charge >= 0.3 is 0 Å². The van der Waals surface area contributed by atoms with Gasteiger partial charge in [-0.25, -0.2) is 9.90 Å². The third-order valence-corrected chi connectivity index (χ3v) is 2.66. The predicted molar refractivity (Wildman–Crippen MR) is 58.4 cm³/mol. The zero-order valence-corrected chi connectivity index (χ0v) is 9.38. The van der Waals surface area contributed by atoms with Gasteiger partial charge in [0.05, 0.1) is 5.54 Å². The number of carbonyl (C=O) groups is 1. The maximum atomic E-state index is 12.1. The first-order valence-electron chi connectivity index (χ1n) is 5.25. The molecule has 1 amide bonds. The molecule has 16 heavy (non-hydrogen) atoms. The number of amides is 1. The van der Waals surface area contributed by atoms with Gasteiger partial charge in [0.15, 0.2) is 6.29 Å². The molecule has 2 rings (SSSR count). The summed E-state index contributed by atoms with van der Waals surface area (Å²) in [6, 6.07) is 8.90. The highest BCUT2D eigenvalue weighted by atomic mass is 16.8. The summed E-state index contributed by atoms with van der Waals surface area (Å²) in [4.78, 5) is 17.2. The molecule has 0 saturated carbocycles. The van der Waals surface area contributed by atoms with Crippen molar-refractivity contribution in [1.29, 1.82) is 0 Å². The molecule has 0 aromatic heterocycles. The van der Waals surface area contributed by atoms with E-state index in [-0.39, 0.29) is 5.91 Å². The highest BCUT2D eigenvalue weighted by molar-refractivity contribution is 5.94. The lowest BCUT2D eigenvalue weighted by molar-refractivity contribution is -0.201. The van der Waals surface area contributed by atoms with E-state index in [1.165, 1.54) is 5.06 Å². The maximum Gasteiger partial charge on any atom is 0.278 e. The molecule has 0 bridgehead atoms. The highest BCUT2D eigenvalue weighted by Crippen LogP contribution is 2.31. The summed E-state index contributed by atoms with van der Waals surface area (Å²) < 4.78 is 0. The number of hydrogen-bond acceptors (Lipinski definition) is 3. The number of aliphatic hydroxyl groups is 1. The van der Waals surface area contributed by atoms with Gasteiger partial charge in [0.25, 0.3) is 5.91 Å². The fourth-order valence-electron chi connectivity index (χ4n) is 1.83. The molecule has 4 heteroatoms. The van der Waals surface area contributed by atoms with Crippen LogP contribution in [0.4, 0.5) is 0 Å². The van der Waals surface area contributed by atoms with Crippen LogP contribution in [0.25, 0.3) is 0 Å². The van der Waals surface area contributed by atoms with Crippen LogP contribution in [0.2, 0.25) is 0 Å². The molecular weight excluding hydrogens is 206 g/mol. The van der Waals surface area contributed by atoms with E-state index in [2.05, 4.69) is 0 Å². The van der Waals surface area contributed by atoms with Gasteiger partial charge in [0.2, 0.25) is 0 Å². The Bertz CT molecular complexity index is 389. The Labute approximate surface area is 94.4 Å². The Morgan fingerprint density at radius 2 is 2.06 bits per heavy atom. The standard InChI is InChI=1S/C12H15NO3/c1-12(2)8-10(14)16-13(12)11(15)9-6-4-3-5-7-9/h3-7,10,14H,8H2,1-2H3. The van der Waals surface area contributed by atoms with Crippen molar-refractivity contribution < 1.29 is 14.7 Å². The molecule has 1 heterocycles. The average molecular weight is 221 g/mol. The maximum absolute atomic E-state index is 12.1. The topological polar surface area (TPSA) is 49.8 Å². The van der Waals surface area contributed by atoms with Crippen molar-refractivity contribution >= 4 is 5.91 Å². The number of carbonyl (C=O) groups excluding carboxylic acids is 1. The van der Waals surface area contributed by atoms with Crippen LogP contribution < -0.4 is 0 Å². The fourth-order valence-corrected chi connectivity index (χ4v) is 1.83. The fraction of sp³-hybridized carbons (Fsp3) is 0.417. The molecule has 86 valence electrons. The molecule has 1 aromatic rings. The summed E-state index contributed by atoms with van der Waals surface area (Å²) in [6.45, 7) is 3.73. The van der Waals surface area contributed by atoms with Crippen LogP contribution in [0, 0.1) is 0 Å². The largest absolute Gasteiger partial charge is 0.366 e. The first-order valence-corrected chi connectivity index (χ1v) is 5.25. The molecule has 1 N–H and O–H groups in total. The first-order chi connectivity index (χ1) is 7.50. The van der Waals surface area contributed by atoms with E-state index in [0.29, 0.717) is 12.0 Å². The molecule has 1 fully saturated rings. The lowest BCUT2D eigenvalue weighted by Gasteiger charge is -2.28. The van der Waals surface area contributed by atoms with Crippen LogP contribution in [-0.2, 0) is 4.84 Å². The third-order valence-electron chi connectivity index (χ3n) is 2.66. The van der Waals surface area contributed by atoms with Gasteiger partial charge in [0.1, 0.15) is 0 Å². The van der Waals surface area contributed by atoms with Crippen LogP contribution in [-0.4, -0.2) is 27.9 Å². The number of hydroxylamine groups is 2. The van der Waals surface area contributed by atoms with Crippen molar-refractivity contribution in [3.8, 4) is 0 Å². The van der Waals surface area contributed by atoms with Gasteiger partial charge in [-0.2, -0.15) is 0 Å². The Balaban J connectivity index is 2.23. The average Bonchev–Trinajstić information content (AvgIpc) is 2.52. The van der Waals surface area contributed by atoms with Crippen LogP contribution in [0.15, 0.2) is 30.3 Å². The van der Waals surface area contributed by atoms with Crippen LogP contribution in [0.5, 0.6) is 0 Å². The molecule has 1 atom stereocenters. The molecular formula is C12H15NO3. The summed E-state index contributed by atoms with van der Waals surface area (Å²) in [5.41, 5.74) is 0.0801. The lowest BCUT2D eigenvalue weighted by atomic mass is 10.0. The minimum Gasteiger partial charge on any atom is -0.366 e. The number of rotatable bonds is 1. The smallest absolute Gasteiger partial charge is 0.278 e. The second-order valence-electron chi connectivity index (χ2n) is 4.54. The monoisotopic (exact) mass is 221 g/mol. The van der Waals surface area contributed by atoms with Gasteiger partial charge in [0, 0.05) is 12.0 Å². The Kier molecular flexibility index (Phi) is 2.69. The number of nitrogens with zero attached hydrogens (tertiary/aromatic N) is 1. The first kappa shape index (κ1) is 11.1. The van der Waals surface area contributed by atoms with Gasteiger partial charge in [-0.05, 0) is 26.0 Å². The lowest BCUT2D eigenvalue weighted by Crippen LogP contribution is -2.41. The van der Waals surface area contributed by atoms with Gasteiger partial charge < -0.3 is 5.11 Å². The molecule has 1 saturated heterocycles. The van der Waals surface area contributed by atoms with E-state index >= 15 is 0 Å². The summed E-state index contributed by atoms with van der Waals surface area (Å²) in [7, 11) is 0. The number of benzene rings is 1.